The Morgan fingerprint density at radius 1 is 1.15 bits per heavy atom. The molecule has 0 aliphatic carbocycles. The van der Waals surface area contributed by atoms with Gasteiger partial charge < -0.3 is 15.2 Å². The fraction of sp³-hybridized carbons (Fsp3) is 0.294. The van der Waals surface area contributed by atoms with Crippen LogP contribution in [0.25, 0.3) is 0 Å². The van der Waals surface area contributed by atoms with Gasteiger partial charge in [-0.25, -0.2) is 0 Å². The van der Waals surface area contributed by atoms with Gasteiger partial charge in [-0.1, -0.05) is 31.2 Å². The van der Waals surface area contributed by atoms with E-state index in [-0.39, 0.29) is 6.04 Å². The summed E-state index contributed by atoms with van der Waals surface area (Å²) in [6.45, 7) is 2.94. The van der Waals surface area contributed by atoms with Crippen LogP contribution in [0.2, 0.25) is 0 Å². The first-order valence-corrected chi connectivity index (χ1v) is 6.88. The lowest BCUT2D eigenvalue weighted by Gasteiger charge is -2.18. The van der Waals surface area contributed by atoms with Crippen LogP contribution in [0, 0.1) is 0 Å². The van der Waals surface area contributed by atoms with Crippen molar-refractivity contribution < 1.29 is 9.84 Å². The van der Waals surface area contributed by atoms with Gasteiger partial charge in [0.1, 0.15) is 11.5 Å². The number of hydrogen-bond donors (Lipinski definition) is 2. The standard InChI is InChI=1S/C17H21NO2/c1-3-17(14-7-9-15(19)10-8-14)18-12-13-5-4-6-16(11-13)20-2/h4-11,17-19H,3,12H2,1-2H3. The second kappa shape index (κ2) is 6.96. The first-order valence-electron chi connectivity index (χ1n) is 6.88. The third-order valence-electron chi connectivity index (χ3n) is 3.39. The molecule has 0 spiro atoms. The summed E-state index contributed by atoms with van der Waals surface area (Å²) < 4.78 is 5.23. The van der Waals surface area contributed by atoms with Crippen molar-refractivity contribution in [2.45, 2.75) is 25.9 Å². The molecule has 0 aliphatic heterocycles. The third kappa shape index (κ3) is 3.75. The van der Waals surface area contributed by atoms with E-state index < -0.39 is 0 Å². The van der Waals surface area contributed by atoms with E-state index in [2.05, 4.69) is 18.3 Å². The molecule has 3 heteroatoms. The van der Waals surface area contributed by atoms with Crippen LogP contribution < -0.4 is 10.1 Å². The number of phenolic OH excluding ortho intramolecular Hbond substituents is 1. The van der Waals surface area contributed by atoms with Gasteiger partial charge in [0.25, 0.3) is 0 Å². The number of ether oxygens (including phenoxy) is 1. The molecule has 1 unspecified atom stereocenters. The molecule has 0 aliphatic rings. The molecule has 106 valence electrons. The maximum Gasteiger partial charge on any atom is 0.119 e. The zero-order chi connectivity index (χ0) is 14.4. The summed E-state index contributed by atoms with van der Waals surface area (Å²) in [5.41, 5.74) is 2.38. The van der Waals surface area contributed by atoms with Crippen LogP contribution in [-0.4, -0.2) is 12.2 Å². The van der Waals surface area contributed by atoms with Crippen molar-refractivity contribution >= 4 is 0 Å². The van der Waals surface area contributed by atoms with Gasteiger partial charge in [0.2, 0.25) is 0 Å². The van der Waals surface area contributed by atoms with E-state index in [9.17, 15) is 5.11 Å². The van der Waals surface area contributed by atoms with Crippen LogP contribution in [0.5, 0.6) is 11.5 Å². The fourth-order valence-electron chi connectivity index (χ4n) is 2.23. The Morgan fingerprint density at radius 2 is 1.90 bits per heavy atom. The van der Waals surface area contributed by atoms with Gasteiger partial charge in [0, 0.05) is 12.6 Å². The summed E-state index contributed by atoms with van der Waals surface area (Å²) in [5, 5.41) is 12.9. The number of rotatable bonds is 6. The molecular weight excluding hydrogens is 250 g/mol. The highest BCUT2D eigenvalue weighted by Gasteiger charge is 2.08. The largest absolute Gasteiger partial charge is 0.508 e. The van der Waals surface area contributed by atoms with Crippen molar-refractivity contribution in [1.82, 2.24) is 5.32 Å². The molecule has 20 heavy (non-hydrogen) atoms. The lowest BCUT2D eigenvalue weighted by atomic mass is 10.0. The average Bonchev–Trinajstić information content (AvgIpc) is 2.50. The first kappa shape index (κ1) is 14.4. The Kier molecular flexibility index (Phi) is 5.02. The normalized spacial score (nSPS) is 12.1. The Labute approximate surface area is 120 Å². The maximum atomic E-state index is 9.34. The molecule has 0 amide bonds. The quantitative estimate of drug-likeness (QED) is 0.842. The van der Waals surface area contributed by atoms with Crippen molar-refractivity contribution in [3.05, 3.63) is 59.7 Å². The van der Waals surface area contributed by atoms with Crippen LogP contribution in [0.3, 0.4) is 0 Å². The minimum Gasteiger partial charge on any atom is -0.508 e. The van der Waals surface area contributed by atoms with Crippen LogP contribution in [0.4, 0.5) is 0 Å². The van der Waals surface area contributed by atoms with E-state index >= 15 is 0 Å². The van der Waals surface area contributed by atoms with E-state index in [1.54, 1.807) is 19.2 Å². The lowest BCUT2D eigenvalue weighted by Crippen LogP contribution is -2.20. The van der Waals surface area contributed by atoms with Gasteiger partial charge in [0.05, 0.1) is 7.11 Å². The molecule has 2 aromatic carbocycles. The zero-order valence-electron chi connectivity index (χ0n) is 12.0. The molecule has 0 fully saturated rings. The predicted molar refractivity (Wildman–Crippen MR) is 81.0 cm³/mol. The molecule has 2 rings (SSSR count). The van der Waals surface area contributed by atoms with Crippen LogP contribution >= 0.6 is 0 Å². The number of phenols is 1. The van der Waals surface area contributed by atoms with Crippen molar-refractivity contribution in [2.75, 3.05) is 7.11 Å². The zero-order valence-corrected chi connectivity index (χ0v) is 12.0. The Bertz CT molecular complexity index is 537. The molecule has 2 N–H and O–H groups in total. The topological polar surface area (TPSA) is 41.5 Å². The highest BCUT2D eigenvalue weighted by molar-refractivity contribution is 5.30. The summed E-state index contributed by atoms with van der Waals surface area (Å²) >= 11 is 0. The number of hydrogen-bond acceptors (Lipinski definition) is 3. The average molecular weight is 271 g/mol. The molecule has 0 saturated heterocycles. The number of methoxy groups -OCH3 is 1. The summed E-state index contributed by atoms with van der Waals surface area (Å²) in [7, 11) is 1.68. The minimum absolute atomic E-state index is 0.279. The number of nitrogens with one attached hydrogen (secondary N) is 1. The molecule has 0 aromatic heterocycles. The fourth-order valence-corrected chi connectivity index (χ4v) is 2.23. The van der Waals surface area contributed by atoms with Gasteiger partial charge in [-0.15, -0.1) is 0 Å². The molecule has 0 bridgehead atoms. The summed E-state index contributed by atoms with van der Waals surface area (Å²) in [5.74, 6) is 1.18. The van der Waals surface area contributed by atoms with E-state index in [0.29, 0.717) is 5.75 Å². The molecule has 0 saturated carbocycles. The van der Waals surface area contributed by atoms with E-state index in [4.69, 9.17) is 4.74 Å². The molecular formula is C17H21NO2. The smallest absolute Gasteiger partial charge is 0.119 e. The summed E-state index contributed by atoms with van der Waals surface area (Å²) in [6, 6.07) is 15.7. The maximum absolute atomic E-state index is 9.34. The Hall–Kier alpha value is -2.00. The Balaban J connectivity index is 2.01. The van der Waals surface area contributed by atoms with E-state index in [1.807, 2.05) is 30.3 Å². The second-order valence-corrected chi connectivity index (χ2v) is 4.78. The van der Waals surface area contributed by atoms with Gasteiger partial charge in [-0.2, -0.15) is 0 Å². The second-order valence-electron chi connectivity index (χ2n) is 4.78. The highest BCUT2D eigenvalue weighted by atomic mass is 16.5. The monoisotopic (exact) mass is 271 g/mol. The highest BCUT2D eigenvalue weighted by Crippen LogP contribution is 2.20. The predicted octanol–water partition coefficient (Wildman–Crippen LogP) is 3.64. The SMILES string of the molecule is CCC(NCc1cccc(OC)c1)c1ccc(O)cc1. The molecule has 0 heterocycles. The molecule has 3 nitrogen and oxygen atoms in total. The van der Waals surface area contributed by atoms with Crippen LogP contribution in [0.15, 0.2) is 48.5 Å². The minimum atomic E-state index is 0.279. The van der Waals surface area contributed by atoms with Crippen LogP contribution in [0.1, 0.15) is 30.5 Å². The van der Waals surface area contributed by atoms with Crippen LogP contribution in [-0.2, 0) is 6.54 Å². The van der Waals surface area contributed by atoms with E-state index in [1.165, 1.54) is 11.1 Å². The van der Waals surface area contributed by atoms with Gasteiger partial charge >= 0.3 is 0 Å². The third-order valence-corrected chi connectivity index (χ3v) is 3.39. The van der Waals surface area contributed by atoms with E-state index in [0.717, 1.165) is 18.7 Å². The molecule has 1 atom stereocenters. The summed E-state index contributed by atoms with van der Waals surface area (Å²) in [6.07, 6.45) is 0.995. The molecule has 2 aromatic rings. The van der Waals surface area contributed by atoms with Gasteiger partial charge in [-0.3, -0.25) is 0 Å². The number of benzene rings is 2. The summed E-state index contributed by atoms with van der Waals surface area (Å²) in [4.78, 5) is 0. The molecule has 0 radical (unpaired) electrons. The Morgan fingerprint density at radius 3 is 2.55 bits per heavy atom. The first-order chi connectivity index (χ1) is 9.72. The number of aromatic hydroxyl groups is 1. The van der Waals surface area contributed by atoms with Crippen molar-refractivity contribution in [1.29, 1.82) is 0 Å². The van der Waals surface area contributed by atoms with Gasteiger partial charge in [-0.05, 0) is 41.8 Å². The van der Waals surface area contributed by atoms with Gasteiger partial charge in [0.15, 0.2) is 0 Å². The lowest BCUT2D eigenvalue weighted by molar-refractivity contribution is 0.413. The van der Waals surface area contributed by atoms with Crippen molar-refractivity contribution in [3.63, 3.8) is 0 Å². The van der Waals surface area contributed by atoms with Crippen molar-refractivity contribution in [3.8, 4) is 11.5 Å². The van der Waals surface area contributed by atoms with Crippen molar-refractivity contribution in [2.24, 2.45) is 0 Å².